The molecule has 0 bridgehead atoms. The zero-order valence-electron chi connectivity index (χ0n) is 8.92. The van der Waals surface area contributed by atoms with Crippen LogP contribution in [0.1, 0.15) is 24.8 Å². The van der Waals surface area contributed by atoms with Crippen LogP contribution in [0.2, 0.25) is 10.0 Å². The third kappa shape index (κ3) is 2.89. The minimum atomic E-state index is -0.206. The van der Waals surface area contributed by atoms with Crippen LogP contribution in [-0.4, -0.2) is 17.3 Å². The van der Waals surface area contributed by atoms with Crippen LogP contribution < -0.4 is 5.32 Å². The maximum absolute atomic E-state index is 9.66. The molecule has 2 nitrogen and oxygen atoms in total. The Morgan fingerprint density at radius 1 is 1.25 bits per heavy atom. The van der Waals surface area contributed by atoms with Crippen LogP contribution in [0.4, 0.5) is 0 Å². The first kappa shape index (κ1) is 12.2. The van der Waals surface area contributed by atoms with Gasteiger partial charge in [0, 0.05) is 12.6 Å². The van der Waals surface area contributed by atoms with Gasteiger partial charge in [-0.1, -0.05) is 29.3 Å². The Morgan fingerprint density at radius 3 is 2.69 bits per heavy atom. The van der Waals surface area contributed by atoms with Gasteiger partial charge in [0.2, 0.25) is 0 Å². The lowest BCUT2D eigenvalue weighted by Crippen LogP contribution is -2.35. The van der Waals surface area contributed by atoms with Crippen LogP contribution in [-0.2, 0) is 6.54 Å². The lowest BCUT2D eigenvalue weighted by Gasteiger charge is -2.16. The van der Waals surface area contributed by atoms with E-state index in [-0.39, 0.29) is 12.1 Å². The highest BCUT2D eigenvalue weighted by atomic mass is 35.5. The summed E-state index contributed by atoms with van der Waals surface area (Å²) in [4.78, 5) is 0. The van der Waals surface area contributed by atoms with Crippen LogP contribution >= 0.6 is 23.2 Å². The van der Waals surface area contributed by atoms with E-state index in [9.17, 15) is 5.11 Å². The van der Waals surface area contributed by atoms with Gasteiger partial charge in [-0.3, -0.25) is 0 Å². The van der Waals surface area contributed by atoms with Crippen molar-refractivity contribution in [3.63, 3.8) is 0 Å². The van der Waals surface area contributed by atoms with E-state index in [1.54, 1.807) is 6.07 Å². The van der Waals surface area contributed by atoms with Gasteiger partial charge in [0.05, 0.1) is 16.1 Å². The Hall–Kier alpha value is -0.280. The number of halogens is 2. The predicted molar refractivity (Wildman–Crippen MR) is 66.9 cm³/mol. The van der Waals surface area contributed by atoms with Crippen molar-refractivity contribution in [2.24, 2.45) is 0 Å². The molecule has 0 aromatic heterocycles. The van der Waals surface area contributed by atoms with Gasteiger partial charge in [-0.15, -0.1) is 0 Å². The highest BCUT2D eigenvalue weighted by Gasteiger charge is 2.24. The first-order chi connectivity index (χ1) is 7.66. The van der Waals surface area contributed by atoms with Crippen LogP contribution in [0.3, 0.4) is 0 Å². The Kier molecular flexibility index (Phi) is 4.09. The predicted octanol–water partition coefficient (Wildman–Crippen LogP) is 3.00. The fraction of sp³-hybridized carbons (Fsp3) is 0.500. The molecule has 0 heterocycles. The zero-order chi connectivity index (χ0) is 11.5. The molecule has 1 saturated carbocycles. The molecule has 2 N–H and O–H groups in total. The van der Waals surface area contributed by atoms with E-state index in [2.05, 4.69) is 5.32 Å². The molecule has 0 aliphatic heterocycles. The first-order valence-electron chi connectivity index (χ1n) is 5.52. The summed E-state index contributed by atoms with van der Waals surface area (Å²) in [5.41, 5.74) is 1.09. The number of hydrogen-bond donors (Lipinski definition) is 2. The second-order valence-corrected chi connectivity index (χ2v) is 5.05. The first-order valence-corrected chi connectivity index (χ1v) is 6.28. The van der Waals surface area contributed by atoms with Crippen LogP contribution in [0.5, 0.6) is 0 Å². The van der Waals surface area contributed by atoms with Gasteiger partial charge < -0.3 is 10.4 Å². The summed E-state index contributed by atoms with van der Waals surface area (Å²) in [6, 6.07) is 5.82. The van der Waals surface area contributed by atoms with Crippen LogP contribution in [0, 0.1) is 0 Å². The molecule has 2 rings (SSSR count). The number of rotatable bonds is 3. The van der Waals surface area contributed by atoms with E-state index in [1.165, 1.54) is 0 Å². The monoisotopic (exact) mass is 259 g/mol. The number of hydrogen-bond acceptors (Lipinski definition) is 2. The van der Waals surface area contributed by atoms with Gasteiger partial charge >= 0.3 is 0 Å². The second-order valence-electron chi connectivity index (χ2n) is 4.23. The lowest BCUT2D eigenvalue weighted by molar-refractivity contribution is 0.148. The molecule has 1 fully saturated rings. The molecule has 88 valence electrons. The van der Waals surface area contributed by atoms with Crippen LogP contribution in [0.15, 0.2) is 18.2 Å². The van der Waals surface area contributed by atoms with Gasteiger partial charge in [0.15, 0.2) is 0 Å². The number of aliphatic hydroxyl groups excluding tert-OH is 1. The molecule has 2 unspecified atom stereocenters. The van der Waals surface area contributed by atoms with E-state index >= 15 is 0 Å². The summed E-state index contributed by atoms with van der Waals surface area (Å²) in [5.74, 6) is 0. The topological polar surface area (TPSA) is 32.3 Å². The van der Waals surface area contributed by atoms with Gasteiger partial charge in [-0.05, 0) is 37.0 Å². The van der Waals surface area contributed by atoms with E-state index in [0.717, 1.165) is 31.4 Å². The molecule has 0 amide bonds. The average Bonchev–Trinajstić information content (AvgIpc) is 2.66. The smallest absolute Gasteiger partial charge is 0.0693 e. The number of nitrogens with one attached hydrogen (secondary N) is 1. The summed E-state index contributed by atoms with van der Waals surface area (Å²) < 4.78 is 0. The van der Waals surface area contributed by atoms with Gasteiger partial charge in [-0.2, -0.15) is 0 Å². The van der Waals surface area contributed by atoms with E-state index in [0.29, 0.717) is 10.0 Å². The molecule has 0 saturated heterocycles. The summed E-state index contributed by atoms with van der Waals surface area (Å²) in [5, 5.41) is 14.2. The van der Waals surface area contributed by atoms with E-state index in [1.807, 2.05) is 12.1 Å². The molecule has 4 heteroatoms. The maximum atomic E-state index is 9.66. The standard InChI is InChI=1S/C12H15Cl2NO/c13-9-5-4-8(6-10(9)14)7-15-11-2-1-3-12(11)16/h4-6,11-12,15-16H,1-3,7H2. The SMILES string of the molecule is OC1CCCC1NCc1ccc(Cl)c(Cl)c1. The maximum Gasteiger partial charge on any atom is 0.0693 e. The van der Waals surface area contributed by atoms with Crippen molar-refractivity contribution in [1.82, 2.24) is 5.32 Å². The average molecular weight is 260 g/mol. The third-order valence-electron chi connectivity index (χ3n) is 3.03. The number of aliphatic hydroxyl groups is 1. The summed E-state index contributed by atoms with van der Waals surface area (Å²) in [6.07, 6.45) is 2.84. The van der Waals surface area contributed by atoms with Gasteiger partial charge in [0.1, 0.15) is 0 Å². The highest BCUT2D eigenvalue weighted by molar-refractivity contribution is 6.42. The van der Waals surface area contributed by atoms with Crippen molar-refractivity contribution in [3.8, 4) is 0 Å². The normalized spacial score (nSPS) is 24.9. The Balaban J connectivity index is 1.91. The van der Waals surface area contributed by atoms with E-state index < -0.39 is 0 Å². The summed E-state index contributed by atoms with van der Waals surface area (Å²) >= 11 is 11.8. The molecule has 1 aromatic carbocycles. The Bertz CT molecular complexity index is 370. The summed E-state index contributed by atoms with van der Waals surface area (Å²) in [7, 11) is 0. The lowest BCUT2D eigenvalue weighted by atomic mass is 10.2. The molecule has 0 spiro atoms. The van der Waals surface area contributed by atoms with Crippen molar-refractivity contribution in [1.29, 1.82) is 0 Å². The quantitative estimate of drug-likeness (QED) is 0.875. The van der Waals surface area contributed by atoms with Crippen molar-refractivity contribution in [2.75, 3.05) is 0 Å². The van der Waals surface area contributed by atoms with Crippen molar-refractivity contribution >= 4 is 23.2 Å². The van der Waals surface area contributed by atoms with Gasteiger partial charge in [-0.25, -0.2) is 0 Å². The zero-order valence-corrected chi connectivity index (χ0v) is 10.4. The summed E-state index contributed by atoms with van der Waals surface area (Å²) in [6.45, 7) is 0.721. The molecular formula is C12H15Cl2NO. The van der Waals surface area contributed by atoms with E-state index in [4.69, 9.17) is 23.2 Å². The minimum Gasteiger partial charge on any atom is -0.392 e. The fourth-order valence-corrected chi connectivity index (χ4v) is 2.40. The molecule has 2 atom stereocenters. The second kappa shape index (κ2) is 5.37. The molecule has 0 radical (unpaired) electrons. The molecule has 1 aliphatic carbocycles. The van der Waals surface area contributed by atoms with Crippen LogP contribution in [0.25, 0.3) is 0 Å². The van der Waals surface area contributed by atoms with Gasteiger partial charge in [0.25, 0.3) is 0 Å². The number of benzene rings is 1. The molecular weight excluding hydrogens is 245 g/mol. The Labute approximate surface area is 106 Å². The van der Waals surface area contributed by atoms with Crippen molar-refractivity contribution in [3.05, 3.63) is 33.8 Å². The Morgan fingerprint density at radius 2 is 2.06 bits per heavy atom. The largest absolute Gasteiger partial charge is 0.392 e. The molecule has 1 aliphatic rings. The highest BCUT2D eigenvalue weighted by Crippen LogP contribution is 2.23. The molecule has 16 heavy (non-hydrogen) atoms. The fourth-order valence-electron chi connectivity index (χ4n) is 2.08. The minimum absolute atomic E-state index is 0.206. The van der Waals surface area contributed by atoms with Crippen molar-refractivity contribution < 1.29 is 5.11 Å². The van der Waals surface area contributed by atoms with Crippen molar-refractivity contribution in [2.45, 2.75) is 38.0 Å². The molecule has 1 aromatic rings. The third-order valence-corrected chi connectivity index (χ3v) is 3.77.